The second kappa shape index (κ2) is 5.25. The van der Waals surface area contributed by atoms with Crippen LogP contribution in [0.1, 0.15) is 38.3 Å². The molecule has 1 amide bonds. The van der Waals surface area contributed by atoms with Crippen LogP contribution in [0.15, 0.2) is 6.58 Å². The van der Waals surface area contributed by atoms with Crippen LogP contribution in [0.3, 0.4) is 0 Å². The molecule has 88 valence electrons. The van der Waals surface area contributed by atoms with E-state index in [4.69, 9.17) is 0 Å². The maximum Gasteiger partial charge on any atom is 0.223 e. The number of nitrogens with zero attached hydrogens (tertiary/aromatic N) is 1. The van der Waals surface area contributed by atoms with Gasteiger partial charge < -0.3 is 5.32 Å². The number of carbonyl (C=O) groups is 1. The number of nitrogens with one attached hydrogen (secondary N) is 1. The Bertz CT molecular complexity index is 407. The molecule has 0 saturated heterocycles. The molecule has 0 bridgehead atoms. The number of allylic oxidation sites excluding steroid dienone is 1. The Balaban J connectivity index is 3.00. The molecule has 0 fully saturated rings. The van der Waals surface area contributed by atoms with Crippen LogP contribution in [-0.2, 0) is 11.2 Å². The second-order valence-corrected chi connectivity index (χ2v) is 5.43. The van der Waals surface area contributed by atoms with Crippen LogP contribution < -0.4 is 5.32 Å². The van der Waals surface area contributed by atoms with Crippen molar-refractivity contribution in [1.29, 1.82) is 0 Å². The molecule has 0 spiro atoms. The first kappa shape index (κ1) is 12.9. The topological polar surface area (TPSA) is 42.0 Å². The monoisotopic (exact) mass is 238 g/mol. The zero-order chi connectivity index (χ0) is 12.3. The lowest BCUT2D eigenvalue weighted by Crippen LogP contribution is -2.05. The number of hydrogen-bond acceptors (Lipinski definition) is 3. The number of aromatic nitrogens is 1. The number of hydrogen-bond donors (Lipinski definition) is 1. The molecule has 0 atom stereocenters. The smallest absolute Gasteiger partial charge is 0.223 e. The van der Waals surface area contributed by atoms with Gasteiger partial charge in [-0.3, -0.25) is 4.79 Å². The van der Waals surface area contributed by atoms with Crippen molar-refractivity contribution < 1.29 is 4.79 Å². The second-order valence-electron chi connectivity index (χ2n) is 4.35. The van der Waals surface area contributed by atoms with Crippen LogP contribution in [-0.4, -0.2) is 10.9 Å². The van der Waals surface area contributed by atoms with Crippen molar-refractivity contribution in [2.75, 3.05) is 5.32 Å². The average Bonchev–Trinajstić information content (AvgIpc) is 2.45. The predicted octanol–water partition coefficient (Wildman–Crippen LogP) is 3.33. The Morgan fingerprint density at radius 3 is 2.56 bits per heavy atom. The molecule has 0 aromatic carbocycles. The minimum atomic E-state index is -0.0851. The molecule has 0 unspecified atom stereocenters. The molecule has 16 heavy (non-hydrogen) atoms. The van der Waals surface area contributed by atoms with E-state index in [2.05, 4.69) is 30.7 Å². The molecular formula is C12H18N2OS. The zero-order valence-electron chi connectivity index (χ0n) is 10.3. The van der Waals surface area contributed by atoms with Gasteiger partial charge in [-0.05, 0) is 24.8 Å². The van der Waals surface area contributed by atoms with Crippen LogP contribution >= 0.6 is 11.3 Å². The lowest BCUT2D eigenvalue weighted by atomic mass is 10.1. The lowest BCUT2D eigenvalue weighted by molar-refractivity contribution is -0.114. The van der Waals surface area contributed by atoms with Crippen molar-refractivity contribution in [3.63, 3.8) is 0 Å². The standard InChI is InChI=1S/C12H18N2OS/c1-7(2)6-10-11(8(3)4)14-12(16-10)13-9(5)15/h7H,3,6H2,1-2,4-5H3,(H,13,14,15). The first-order chi connectivity index (χ1) is 7.40. The van der Waals surface area contributed by atoms with E-state index in [9.17, 15) is 4.79 Å². The van der Waals surface area contributed by atoms with Gasteiger partial charge >= 0.3 is 0 Å². The summed E-state index contributed by atoms with van der Waals surface area (Å²) in [5.41, 5.74) is 1.88. The fourth-order valence-corrected chi connectivity index (χ4v) is 2.70. The first-order valence-electron chi connectivity index (χ1n) is 5.33. The van der Waals surface area contributed by atoms with Gasteiger partial charge in [0.1, 0.15) is 0 Å². The summed E-state index contributed by atoms with van der Waals surface area (Å²) in [5, 5.41) is 3.39. The summed E-state index contributed by atoms with van der Waals surface area (Å²) in [6, 6.07) is 0. The first-order valence-corrected chi connectivity index (χ1v) is 6.15. The van der Waals surface area contributed by atoms with Crippen molar-refractivity contribution in [3.8, 4) is 0 Å². The van der Waals surface area contributed by atoms with Gasteiger partial charge in [-0.25, -0.2) is 4.98 Å². The van der Waals surface area contributed by atoms with E-state index >= 15 is 0 Å². The van der Waals surface area contributed by atoms with Gasteiger partial charge in [0.15, 0.2) is 5.13 Å². The largest absolute Gasteiger partial charge is 0.302 e. The Morgan fingerprint density at radius 2 is 2.12 bits per heavy atom. The van der Waals surface area contributed by atoms with Crippen molar-refractivity contribution in [1.82, 2.24) is 4.98 Å². The normalized spacial score (nSPS) is 10.6. The molecule has 1 N–H and O–H groups in total. The summed E-state index contributed by atoms with van der Waals surface area (Å²) in [6.45, 7) is 11.7. The van der Waals surface area contributed by atoms with Gasteiger partial charge in [0.05, 0.1) is 5.69 Å². The Morgan fingerprint density at radius 1 is 1.50 bits per heavy atom. The fourth-order valence-electron chi connectivity index (χ4n) is 1.40. The zero-order valence-corrected chi connectivity index (χ0v) is 11.1. The highest BCUT2D eigenvalue weighted by molar-refractivity contribution is 7.16. The fraction of sp³-hybridized carbons (Fsp3) is 0.500. The van der Waals surface area contributed by atoms with Gasteiger partial charge in [0.2, 0.25) is 5.91 Å². The molecule has 0 saturated carbocycles. The van der Waals surface area contributed by atoms with Crippen LogP contribution in [0.4, 0.5) is 5.13 Å². The van der Waals surface area contributed by atoms with Crippen LogP contribution in [0.5, 0.6) is 0 Å². The number of amides is 1. The maximum absolute atomic E-state index is 11.0. The van der Waals surface area contributed by atoms with Gasteiger partial charge in [0, 0.05) is 11.8 Å². The highest BCUT2D eigenvalue weighted by Crippen LogP contribution is 2.29. The van der Waals surface area contributed by atoms with E-state index in [1.165, 1.54) is 11.8 Å². The lowest BCUT2D eigenvalue weighted by Gasteiger charge is -2.03. The summed E-state index contributed by atoms with van der Waals surface area (Å²) in [4.78, 5) is 16.5. The molecule has 0 aliphatic rings. The third-order valence-corrected chi connectivity index (χ3v) is 2.97. The summed E-state index contributed by atoms with van der Waals surface area (Å²) >= 11 is 1.54. The summed E-state index contributed by atoms with van der Waals surface area (Å²) < 4.78 is 0. The maximum atomic E-state index is 11.0. The SMILES string of the molecule is C=C(C)c1nc(NC(C)=O)sc1CC(C)C. The Hall–Kier alpha value is -1.16. The third-order valence-electron chi connectivity index (χ3n) is 1.98. The van der Waals surface area contributed by atoms with Gasteiger partial charge in [0.25, 0.3) is 0 Å². The van der Waals surface area contributed by atoms with Crippen molar-refractivity contribution in [2.24, 2.45) is 5.92 Å². The number of anilines is 1. The number of carbonyl (C=O) groups excluding carboxylic acids is 1. The summed E-state index contributed by atoms with van der Waals surface area (Å²) in [5.74, 6) is 0.488. The minimum absolute atomic E-state index is 0.0851. The van der Waals surface area contributed by atoms with Gasteiger partial charge in [-0.15, -0.1) is 11.3 Å². The van der Waals surface area contributed by atoms with E-state index < -0.39 is 0 Å². The van der Waals surface area contributed by atoms with Gasteiger partial charge in [-0.2, -0.15) is 0 Å². The van der Waals surface area contributed by atoms with Gasteiger partial charge in [-0.1, -0.05) is 20.4 Å². The Labute approximate surface area is 101 Å². The van der Waals surface area contributed by atoms with Crippen LogP contribution in [0, 0.1) is 5.92 Å². The van der Waals surface area contributed by atoms with E-state index in [1.807, 2.05) is 6.92 Å². The number of rotatable bonds is 4. The van der Waals surface area contributed by atoms with E-state index in [-0.39, 0.29) is 5.91 Å². The molecular weight excluding hydrogens is 220 g/mol. The van der Waals surface area contributed by atoms with Crippen molar-refractivity contribution >= 4 is 27.9 Å². The average molecular weight is 238 g/mol. The molecule has 0 radical (unpaired) electrons. The van der Waals surface area contributed by atoms with Crippen LogP contribution in [0.2, 0.25) is 0 Å². The molecule has 4 heteroatoms. The molecule has 3 nitrogen and oxygen atoms in total. The Kier molecular flexibility index (Phi) is 4.24. The molecule has 1 aromatic heterocycles. The quantitative estimate of drug-likeness (QED) is 0.874. The van der Waals surface area contributed by atoms with Crippen molar-refractivity contribution in [2.45, 2.75) is 34.1 Å². The molecule has 1 rings (SSSR count). The van der Waals surface area contributed by atoms with Crippen molar-refractivity contribution in [3.05, 3.63) is 17.2 Å². The van der Waals surface area contributed by atoms with E-state index in [0.717, 1.165) is 17.7 Å². The highest BCUT2D eigenvalue weighted by atomic mass is 32.1. The minimum Gasteiger partial charge on any atom is -0.302 e. The van der Waals surface area contributed by atoms with E-state index in [0.29, 0.717) is 11.0 Å². The van der Waals surface area contributed by atoms with E-state index in [1.54, 1.807) is 11.3 Å². The molecule has 1 aromatic rings. The highest BCUT2D eigenvalue weighted by Gasteiger charge is 2.13. The molecule has 1 heterocycles. The van der Waals surface area contributed by atoms with Crippen LogP contribution in [0.25, 0.3) is 5.57 Å². The molecule has 0 aliphatic carbocycles. The number of thiazole rings is 1. The third kappa shape index (κ3) is 3.45. The summed E-state index contributed by atoms with van der Waals surface area (Å²) in [7, 11) is 0. The summed E-state index contributed by atoms with van der Waals surface area (Å²) in [6.07, 6.45) is 0.972. The predicted molar refractivity (Wildman–Crippen MR) is 69.7 cm³/mol. The molecule has 0 aliphatic heterocycles.